The summed E-state index contributed by atoms with van der Waals surface area (Å²) in [4.78, 5) is 0. The Morgan fingerprint density at radius 3 is 2.84 bits per heavy atom. The van der Waals surface area contributed by atoms with Crippen molar-refractivity contribution in [2.24, 2.45) is 0 Å². The lowest BCUT2D eigenvalue weighted by atomic mass is 10.2. The molecule has 5 heteroatoms. The zero-order valence-electron chi connectivity index (χ0n) is 9.66. The van der Waals surface area contributed by atoms with E-state index in [2.05, 4.69) is 15.9 Å². The third-order valence-corrected chi connectivity index (χ3v) is 3.60. The molecule has 2 aromatic rings. The quantitative estimate of drug-likeness (QED) is 0.812. The van der Waals surface area contributed by atoms with Gasteiger partial charge in [-0.15, -0.1) is 0 Å². The minimum Gasteiger partial charge on any atom is -0.487 e. The van der Waals surface area contributed by atoms with Crippen molar-refractivity contribution in [2.45, 2.75) is 6.61 Å². The van der Waals surface area contributed by atoms with Gasteiger partial charge < -0.3 is 4.74 Å². The van der Waals surface area contributed by atoms with Gasteiger partial charge in [0, 0.05) is 16.7 Å². The van der Waals surface area contributed by atoms with E-state index >= 15 is 0 Å². The zero-order valence-corrected chi connectivity index (χ0v) is 12.0. The highest BCUT2D eigenvalue weighted by atomic mass is 79.9. The Morgan fingerprint density at radius 1 is 1.32 bits per heavy atom. The molecule has 2 nitrogen and oxygen atoms in total. The number of hydrogen-bond acceptors (Lipinski definition) is 2. The van der Waals surface area contributed by atoms with Crippen molar-refractivity contribution in [3.05, 3.63) is 62.8 Å². The van der Waals surface area contributed by atoms with Gasteiger partial charge in [-0.3, -0.25) is 0 Å². The van der Waals surface area contributed by atoms with Crippen LogP contribution in [0.2, 0.25) is 5.02 Å². The second-order valence-electron chi connectivity index (χ2n) is 3.75. The molecule has 0 saturated heterocycles. The lowest BCUT2D eigenvalue weighted by Crippen LogP contribution is -1.99. The van der Waals surface area contributed by atoms with Crippen LogP contribution in [-0.4, -0.2) is 0 Å². The molecule has 0 aliphatic rings. The first-order valence-electron chi connectivity index (χ1n) is 5.37. The van der Waals surface area contributed by atoms with Gasteiger partial charge in [0.2, 0.25) is 0 Å². The maximum Gasteiger partial charge on any atom is 0.139 e. The van der Waals surface area contributed by atoms with E-state index in [0.717, 1.165) is 0 Å². The fourth-order valence-electron chi connectivity index (χ4n) is 1.52. The molecule has 96 valence electrons. The molecule has 0 unspecified atom stereocenters. The smallest absolute Gasteiger partial charge is 0.139 e. The van der Waals surface area contributed by atoms with Crippen molar-refractivity contribution in [3.63, 3.8) is 0 Å². The van der Waals surface area contributed by atoms with Gasteiger partial charge >= 0.3 is 0 Å². The van der Waals surface area contributed by atoms with Gasteiger partial charge in [0.1, 0.15) is 24.2 Å². The van der Waals surface area contributed by atoms with E-state index in [4.69, 9.17) is 21.6 Å². The number of rotatable bonds is 3. The van der Waals surface area contributed by atoms with Crippen LogP contribution in [-0.2, 0) is 6.61 Å². The standard InChI is InChI=1S/C14H8BrClFNO/c15-14-10(2-1-3-12(14)17)8-19-13-6-11(16)5-4-9(13)7-18/h1-6H,8H2. The number of halogens is 3. The van der Waals surface area contributed by atoms with Gasteiger partial charge in [0.05, 0.1) is 10.0 Å². The van der Waals surface area contributed by atoms with Gasteiger partial charge in [-0.25, -0.2) is 4.39 Å². The van der Waals surface area contributed by atoms with E-state index in [1.165, 1.54) is 6.07 Å². The number of ether oxygens (including phenoxy) is 1. The highest BCUT2D eigenvalue weighted by Crippen LogP contribution is 2.26. The highest BCUT2D eigenvalue weighted by molar-refractivity contribution is 9.10. The number of nitriles is 1. The molecule has 0 atom stereocenters. The molecule has 0 saturated carbocycles. The van der Waals surface area contributed by atoms with Crippen LogP contribution < -0.4 is 4.74 Å². The summed E-state index contributed by atoms with van der Waals surface area (Å²) in [5.74, 6) is 0.0267. The number of benzene rings is 2. The van der Waals surface area contributed by atoms with Crippen LogP contribution in [0.3, 0.4) is 0 Å². The molecular formula is C14H8BrClFNO. The Kier molecular flexibility index (Phi) is 4.41. The summed E-state index contributed by atoms with van der Waals surface area (Å²) in [7, 11) is 0. The third kappa shape index (κ3) is 3.25. The van der Waals surface area contributed by atoms with Crippen LogP contribution in [0.4, 0.5) is 4.39 Å². The molecule has 0 spiro atoms. The molecule has 19 heavy (non-hydrogen) atoms. The average molecular weight is 341 g/mol. The van der Waals surface area contributed by atoms with Crippen molar-refractivity contribution < 1.29 is 9.13 Å². The van der Waals surface area contributed by atoms with Crippen LogP contribution in [0.25, 0.3) is 0 Å². The molecule has 0 aliphatic heterocycles. The van der Waals surface area contributed by atoms with Crippen LogP contribution in [0.1, 0.15) is 11.1 Å². The van der Waals surface area contributed by atoms with E-state index in [0.29, 0.717) is 26.4 Å². The lowest BCUT2D eigenvalue weighted by molar-refractivity contribution is 0.304. The van der Waals surface area contributed by atoms with Gasteiger partial charge in [-0.05, 0) is 34.1 Å². The molecule has 0 aromatic heterocycles. The van der Waals surface area contributed by atoms with Gasteiger partial charge in [0.25, 0.3) is 0 Å². The Balaban J connectivity index is 2.21. The van der Waals surface area contributed by atoms with Crippen LogP contribution in [0, 0.1) is 17.1 Å². The first-order valence-corrected chi connectivity index (χ1v) is 6.54. The largest absolute Gasteiger partial charge is 0.487 e. The monoisotopic (exact) mass is 339 g/mol. The van der Waals surface area contributed by atoms with Gasteiger partial charge in [0.15, 0.2) is 0 Å². The van der Waals surface area contributed by atoms with E-state index in [1.54, 1.807) is 30.3 Å². The third-order valence-electron chi connectivity index (χ3n) is 2.48. The molecule has 0 heterocycles. The van der Waals surface area contributed by atoms with E-state index in [-0.39, 0.29) is 12.4 Å². The maximum absolute atomic E-state index is 13.3. The Morgan fingerprint density at radius 2 is 2.11 bits per heavy atom. The maximum atomic E-state index is 13.3. The lowest BCUT2D eigenvalue weighted by Gasteiger charge is -2.10. The first kappa shape index (κ1) is 13.9. The molecule has 0 bridgehead atoms. The molecule has 0 fully saturated rings. The molecular weight excluding hydrogens is 333 g/mol. The molecule has 0 N–H and O–H groups in total. The van der Waals surface area contributed by atoms with Crippen molar-refractivity contribution in [1.29, 1.82) is 5.26 Å². The summed E-state index contributed by atoms with van der Waals surface area (Å²) in [6, 6.07) is 11.5. The normalized spacial score (nSPS) is 10.0. The summed E-state index contributed by atoms with van der Waals surface area (Å²) in [5, 5.41) is 9.44. The Labute approximate surface area is 123 Å². The summed E-state index contributed by atoms with van der Waals surface area (Å²) in [5.41, 5.74) is 1.04. The predicted octanol–water partition coefficient (Wildman–Crippen LogP) is 4.69. The second kappa shape index (κ2) is 6.05. The van der Waals surface area contributed by atoms with Crippen LogP contribution in [0.5, 0.6) is 5.75 Å². The Hall–Kier alpha value is -1.57. The van der Waals surface area contributed by atoms with Crippen molar-refractivity contribution in [3.8, 4) is 11.8 Å². The molecule has 2 aromatic carbocycles. The number of hydrogen-bond donors (Lipinski definition) is 0. The van der Waals surface area contributed by atoms with Crippen LogP contribution in [0.15, 0.2) is 40.9 Å². The van der Waals surface area contributed by atoms with E-state index in [9.17, 15) is 4.39 Å². The highest BCUT2D eigenvalue weighted by Gasteiger charge is 2.08. The van der Waals surface area contributed by atoms with Crippen LogP contribution >= 0.6 is 27.5 Å². The SMILES string of the molecule is N#Cc1ccc(Cl)cc1OCc1cccc(F)c1Br. The van der Waals surface area contributed by atoms with E-state index < -0.39 is 0 Å². The fraction of sp³-hybridized carbons (Fsp3) is 0.0714. The fourth-order valence-corrected chi connectivity index (χ4v) is 2.06. The topological polar surface area (TPSA) is 33.0 Å². The second-order valence-corrected chi connectivity index (χ2v) is 4.98. The number of nitrogens with zero attached hydrogens (tertiary/aromatic N) is 1. The van der Waals surface area contributed by atoms with Crippen molar-refractivity contribution >= 4 is 27.5 Å². The zero-order chi connectivity index (χ0) is 13.8. The van der Waals surface area contributed by atoms with E-state index in [1.807, 2.05) is 6.07 Å². The summed E-state index contributed by atoms with van der Waals surface area (Å²) in [6.45, 7) is 0.146. The predicted molar refractivity (Wildman–Crippen MR) is 74.6 cm³/mol. The molecule has 2 rings (SSSR count). The van der Waals surface area contributed by atoms with Gasteiger partial charge in [-0.2, -0.15) is 5.26 Å². The van der Waals surface area contributed by atoms with Gasteiger partial charge in [-0.1, -0.05) is 23.7 Å². The minimum atomic E-state index is -0.354. The summed E-state index contributed by atoms with van der Waals surface area (Å²) < 4.78 is 19.2. The average Bonchev–Trinajstić information content (AvgIpc) is 2.40. The Bertz CT molecular complexity index is 654. The summed E-state index contributed by atoms with van der Waals surface area (Å²) >= 11 is 9.01. The van der Waals surface area contributed by atoms with Crippen molar-refractivity contribution in [2.75, 3.05) is 0 Å². The first-order chi connectivity index (χ1) is 9.11. The van der Waals surface area contributed by atoms with Crippen molar-refractivity contribution in [1.82, 2.24) is 0 Å². The molecule has 0 aliphatic carbocycles. The molecule has 0 amide bonds. The molecule has 0 radical (unpaired) electrons. The minimum absolute atomic E-state index is 0.146. The summed E-state index contributed by atoms with van der Waals surface area (Å²) in [6.07, 6.45) is 0.